The molecule has 1 amide bonds. The standard InChI is InChI=1S/C16H20ClNO2/c17-13-6-4-12(5-7-13)16-14(8-9-20-16)18-15(19)10-11-2-1-3-11/h4-7,11,14,16H,1-3,8-10H2,(H,18,19)/t14-,16+/m0/s1. The summed E-state index contributed by atoms with van der Waals surface area (Å²) in [6.45, 7) is 0.696. The van der Waals surface area contributed by atoms with Crippen LogP contribution in [0.5, 0.6) is 0 Å². The number of halogens is 1. The summed E-state index contributed by atoms with van der Waals surface area (Å²) >= 11 is 5.91. The van der Waals surface area contributed by atoms with E-state index in [-0.39, 0.29) is 18.1 Å². The summed E-state index contributed by atoms with van der Waals surface area (Å²) in [7, 11) is 0. The maximum absolute atomic E-state index is 12.0. The van der Waals surface area contributed by atoms with Gasteiger partial charge >= 0.3 is 0 Å². The van der Waals surface area contributed by atoms with Crippen LogP contribution >= 0.6 is 11.6 Å². The number of nitrogens with one attached hydrogen (secondary N) is 1. The van der Waals surface area contributed by atoms with Crippen molar-refractivity contribution >= 4 is 17.5 Å². The quantitative estimate of drug-likeness (QED) is 0.923. The predicted molar refractivity (Wildman–Crippen MR) is 78.7 cm³/mol. The number of hydrogen-bond donors (Lipinski definition) is 1. The van der Waals surface area contributed by atoms with Gasteiger partial charge < -0.3 is 10.1 Å². The van der Waals surface area contributed by atoms with E-state index in [0.717, 1.165) is 17.0 Å². The van der Waals surface area contributed by atoms with E-state index in [1.54, 1.807) is 0 Å². The highest BCUT2D eigenvalue weighted by atomic mass is 35.5. The first kappa shape index (κ1) is 13.9. The molecule has 1 aromatic rings. The van der Waals surface area contributed by atoms with Crippen LogP contribution in [-0.4, -0.2) is 18.6 Å². The lowest BCUT2D eigenvalue weighted by Gasteiger charge is -2.26. The topological polar surface area (TPSA) is 38.3 Å². The van der Waals surface area contributed by atoms with Crippen LogP contribution in [0.4, 0.5) is 0 Å². The fourth-order valence-corrected chi connectivity index (χ4v) is 3.07. The van der Waals surface area contributed by atoms with E-state index in [4.69, 9.17) is 16.3 Å². The van der Waals surface area contributed by atoms with Crippen LogP contribution in [0.1, 0.15) is 43.8 Å². The molecule has 1 aliphatic heterocycles. The Labute approximate surface area is 124 Å². The van der Waals surface area contributed by atoms with E-state index < -0.39 is 0 Å². The van der Waals surface area contributed by atoms with Gasteiger partial charge in [-0.15, -0.1) is 0 Å². The summed E-state index contributed by atoms with van der Waals surface area (Å²) in [6, 6.07) is 7.77. The van der Waals surface area contributed by atoms with Crippen molar-refractivity contribution in [3.8, 4) is 0 Å². The summed E-state index contributed by atoms with van der Waals surface area (Å²) in [6.07, 6.45) is 5.19. The van der Waals surface area contributed by atoms with Crippen molar-refractivity contribution in [1.82, 2.24) is 5.32 Å². The van der Waals surface area contributed by atoms with Crippen molar-refractivity contribution < 1.29 is 9.53 Å². The van der Waals surface area contributed by atoms with Crippen LogP contribution in [0, 0.1) is 5.92 Å². The summed E-state index contributed by atoms with van der Waals surface area (Å²) in [5.41, 5.74) is 1.08. The third-order valence-electron chi connectivity index (χ3n) is 4.34. The Bertz CT molecular complexity index is 470. The van der Waals surface area contributed by atoms with E-state index in [0.29, 0.717) is 18.9 Å². The van der Waals surface area contributed by atoms with Crippen molar-refractivity contribution in [1.29, 1.82) is 0 Å². The number of carbonyl (C=O) groups excluding carboxylic acids is 1. The molecular weight excluding hydrogens is 274 g/mol. The van der Waals surface area contributed by atoms with Gasteiger partial charge in [-0.2, -0.15) is 0 Å². The monoisotopic (exact) mass is 293 g/mol. The molecule has 1 aliphatic carbocycles. The van der Waals surface area contributed by atoms with Gasteiger partial charge in [0.15, 0.2) is 0 Å². The van der Waals surface area contributed by atoms with E-state index in [1.807, 2.05) is 24.3 Å². The van der Waals surface area contributed by atoms with Crippen LogP contribution in [0.25, 0.3) is 0 Å². The zero-order valence-electron chi connectivity index (χ0n) is 11.5. The van der Waals surface area contributed by atoms with Gasteiger partial charge in [0.2, 0.25) is 5.91 Å². The van der Waals surface area contributed by atoms with Crippen molar-refractivity contribution in [3.05, 3.63) is 34.9 Å². The number of rotatable bonds is 4. The summed E-state index contributed by atoms with van der Waals surface area (Å²) in [5.74, 6) is 0.774. The van der Waals surface area contributed by atoms with Crippen molar-refractivity contribution in [2.24, 2.45) is 5.92 Å². The average Bonchev–Trinajstić information content (AvgIpc) is 2.83. The second-order valence-corrected chi connectivity index (χ2v) is 6.24. The Hall–Kier alpha value is -1.06. The van der Waals surface area contributed by atoms with Gasteiger partial charge in [0.25, 0.3) is 0 Å². The molecule has 2 aliphatic rings. The Morgan fingerprint density at radius 3 is 2.65 bits per heavy atom. The first-order chi connectivity index (χ1) is 9.72. The smallest absolute Gasteiger partial charge is 0.220 e. The number of benzene rings is 1. The molecule has 3 rings (SSSR count). The maximum Gasteiger partial charge on any atom is 0.220 e. The highest BCUT2D eigenvalue weighted by molar-refractivity contribution is 6.30. The molecule has 0 unspecified atom stereocenters. The number of hydrogen-bond acceptors (Lipinski definition) is 2. The van der Waals surface area contributed by atoms with Gasteiger partial charge in [-0.3, -0.25) is 4.79 Å². The molecule has 20 heavy (non-hydrogen) atoms. The molecular formula is C16H20ClNO2. The van der Waals surface area contributed by atoms with E-state index in [9.17, 15) is 4.79 Å². The average molecular weight is 294 g/mol. The lowest BCUT2D eigenvalue weighted by Crippen LogP contribution is -2.38. The molecule has 0 bridgehead atoms. The fourth-order valence-electron chi connectivity index (χ4n) is 2.94. The lowest BCUT2D eigenvalue weighted by molar-refractivity contribution is -0.123. The Morgan fingerprint density at radius 1 is 1.25 bits per heavy atom. The second-order valence-electron chi connectivity index (χ2n) is 5.81. The van der Waals surface area contributed by atoms with Crippen LogP contribution < -0.4 is 5.32 Å². The van der Waals surface area contributed by atoms with E-state index in [2.05, 4.69) is 5.32 Å². The molecule has 108 valence electrons. The normalized spacial score (nSPS) is 26.2. The lowest BCUT2D eigenvalue weighted by atomic mass is 9.83. The molecule has 2 atom stereocenters. The zero-order chi connectivity index (χ0) is 13.9. The third kappa shape index (κ3) is 3.15. The number of ether oxygens (including phenoxy) is 1. The highest BCUT2D eigenvalue weighted by Crippen LogP contribution is 2.32. The highest BCUT2D eigenvalue weighted by Gasteiger charge is 2.31. The van der Waals surface area contributed by atoms with Gasteiger partial charge in [-0.25, -0.2) is 0 Å². The molecule has 4 heteroatoms. The predicted octanol–water partition coefficient (Wildman–Crippen LogP) is 3.48. The Balaban J connectivity index is 1.60. The molecule has 1 N–H and O–H groups in total. The van der Waals surface area contributed by atoms with Gasteiger partial charge in [-0.1, -0.05) is 30.2 Å². The first-order valence-electron chi connectivity index (χ1n) is 7.39. The van der Waals surface area contributed by atoms with Crippen molar-refractivity contribution in [2.75, 3.05) is 6.61 Å². The summed E-state index contributed by atoms with van der Waals surface area (Å²) in [4.78, 5) is 12.0. The molecule has 1 saturated carbocycles. The molecule has 0 spiro atoms. The minimum absolute atomic E-state index is 0.0439. The van der Waals surface area contributed by atoms with Gasteiger partial charge in [-0.05, 0) is 42.9 Å². The van der Waals surface area contributed by atoms with Crippen LogP contribution in [-0.2, 0) is 9.53 Å². The summed E-state index contributed by atoms with van der Waals surface area (Å²) < 4.78 is 5.78. The van der Waals surface area contributed by atoms with Crippen LogP contribution in [0.15, 0.2) is 24.3 Å². The minimum atomic E-state index is -0.0439. The van der Waals surface area contributed by atoms with E-state index >= 15 is 0 Å². The molecule has 2 fully saturated rings. The van der Waals surface area contributed by atoms with Crippen molar-refractivity contribution in [3.63, 3.8) is 0 Å². The molecule has 0 radical (unpaired) electrons. The van der Waals surface area contributed by atoms with E-state index in [1.165, 1.54) is 19.3 Å². The first-order valence-corrected chi connectivity index (χ1v) is 7.76. The number of amides is 1. The Kier molecular flexibility index (Phi) is 4.27. The molecule has 1 aromatic carbocycles. The van der Waals surface area contributed by atoms with Gasteiger partial charge in [0.05, 0.1) is 6.04 Å². The van der Waals surface area contributed by atoms with Gasteiger partial charge in [0.1, 0.15) is 6.10 Å². The minimum Gasteiger partial charge on any atom is -0.371 e. The van der Waals surface area contributed by atoms with Crippen LogP contribution in [0.2, 0.25) is 5.02 Å². The third-order valence-corrected chi connectivity index (χ3v) is 4.59. The van der Waals surface area contributed by atoms with Gasteiger partial charge in [0, 0.05) is 18.1 Å². The molecule has 1 heterocycles. The fraction of sp³-hybridized carbons (Fsp3) is 0.562. The summed E-state index contributed by atoms with van der Waals surface area (Å²) in [5, 5.41) is 3.86. The Morgan fingerprint density at radius 2 is 2.00 bits per heavy atom. The zero-order valence-corrected chi connectivity index (χ0v) is 12.2. The number of carbonyl (C=O) groups is 1. The maximum atomic E-state index is 12.0. The second kappa shape index (κ2) is 6.15. The molecule has 0 aromatic heterocycles. The van der Waals surface area contributed by atoms with Crippen molar-refractivity contribution in [2.45, 2.75) is 44.2 Å². The SMILES string of the molecule is O=C(CC1CCC1)N[C@H]1CCO[C@@H]1c1ccc(Cl)cc1. The van der Waals surface area contributed by atoms with Crippen LogP contribution in [0.3, 0.4) is 0 Å². The largest absolute Gasteiger partial charge is 0.371 e. The molecule has 1 saturated heterocycles. The molecule has 3 nitrogen and oxygen atoms in total.